The molecular weight excluding hydrogens is 205 g/mol. The van der Waals surface area contributed by atoms with Gasteiger partial charge in [0.05, 0.1) is 0 Å². The van der Waals surface area contributed by atoms with Crippen molar-refractivity contribution < 1.29 is 13.2 Å². The fourth-order valence-corrected chi connectivity index (χ4v) is 1.99. The molecule has 0 aromatic rings. The molecule has 2 atom stereocenters. The van der Waals surface area contributed by atoms with Gasteiger partial charge in [-0.05, 0) is 26.8 Å². The van der Waals surface area contributed by atoms with Gasteiger partial charge in [0.2, 0.25) is 0 Å². The molecule has 0 aliphatic heterocycles. The van der Waals surface area contributed by atoms with Gasteiger partial charge in [-0.25, -0.2) is 0 Å². The molecule has 0 aromatic carbocycles. The van der Waals surface area contributed by atoms with Crippen molar-refractivity contribution >= 4 is 0 Å². The number of rotatable bonds is 5. The van der Waals surface area contributed by atoms with Gasteiger partial charge in [0.25, 0.3) is 0 Å². The normalized spacial score (nSPS) is 17.2. The number of alkyl halides is 3. The van der Waals surface area contributed by atoms with Gasteiger partial charge >= 0.3 is 6.18 Å². The van der Waals surface area contributed by atoms with Crippen molar-refractivity contribution in [2.45, 2.75) is 57.9 Å². The highest BCUT2D eigenvalue weighted by molar-refractivity contribution is 4.87. The lowest BCUT2D eigenvalue weighted by Gasteiger charge is -2.37. The maximum Gasteiger partial charge on any atom is 0.405 e. The molecule has 0 bridgehead atoms. The first-order valence-corrected chi connectivity index (χ1v) is 5.29. The lowest BCUT2D eigenvalue weighted by atomic mass is 10.0. The minimum Gasteiger partial charge on any atom is -0.326 e. The fraction of sp³-hybridized carbons (Fsp3) is 1.00. The lowest BCUT2D eigenvalue weighted by Crippen LogP contribution is -2.56. The van der Waals surface area contributed by atoms with Gasteiger partial charge in [-0.3, -0.25) is 4.90 Å². The molecule has 0 heterocycles. The average molecular weight is 226 g/mol. The van der Waals surface area contributed by atoms with Gasteiger partial charge in [-0.1, -0.05) is 13.8 Å². The summed E-state index contributed by atoms with van der Waals surface area (Å²) in [6.07, 6.45) is -2.86. The van der Waals surface area contributed by atoms with Crippen LogP contribution in [0.4, 0.5) is 13.2 Å². The molecule has 0 saturated heterocycles. The highest BCUT2D eigenvalue weighted by atomic mass is 19.4. The van der Waals surface area contributed by atoms with E-state index in [9.17, 15) is 13.2 Å². The maximum absolute atomic E-state index is 12.7. The van der Waals surface area contributed by atoms with E-state index in [4.69, 9.17) is 5.73 Å². The second-order valence-corrected chi connectivity index (χ2v) is 3.98. The third-order valence-corrected chi connectivity index (χ3v) is 2.79. The first-order valence-electron chi connectivity index (χ1n) is 5.29. The third kappa shape index (κ3) is 3.99. The summed E-state index contributed by atoms with van der Waals surface area (Å²) in [6, 6.07) is -2.53. The van der Waals surface area contributed by atoms with E-state index in [0.29, 0.717) is 12.8 Å². The maximum atomic E-state index is 12.7. The Morgan fingerprint density at radius 1 is 1.20 bits per heavy atom. The fourth-order valence-electron chi connectivity index (χ4n) is 1.99. The molecule has 0 aromatic heterocycles. The minimum atomic E-state index is -4.26. The minimum absolute atomic E-state index is 0.0670. The van der Waals surface area contributed by atoms with Crippen molar-refractivity contribution in [2.75, 3.05) is 7.05 Å². The van der Waals surface area contributed by atoms with Gasteiger partial charge in [-0.2, -0.15) is 13.2 Å². The van der Waals surface area contributed by atoms with Crippen LogP contribution >= 0.6 is 0 Å². The molecule has 15 heavy (non-hydrogen) atoms. The molecular formula is C10H21F3N2. The molecule has 0 spiro atoms. The molecule has 0 rings (SSSR count). The van der Waals surface area contributed by atoms with E-state index >= 15 is 0 Å². The highest BCUT2D eigenvalue weighted by Gasteiger charge is 2.45. The van der Waals surface area contributed by atoms with E-state index in [2.05, 4.69) is 0 Å². The van der Waals surface area contributed by atoms with Crippen LogP contribution in [0, 0.1) is 0 Å². The van der Waals surface area contributed by atoms with Crippen molar-refractivity contribution in [3.8, 4) is 0 Å². The second-order valence-electron chi connectivity index (χ2n) is 3.98. The molecule has 0 fully saturated rings. The van der Waals surface area contributed by atoms with Gasteiger partial charge in [-0.15, -0.1) is 0 Å². The Balaban J connectivity index is 4.77. The zero-order valence-electron chi connectivity index (χ0n) is 9.80. The van der Waals surface area contributed by atoms with Crippen molar-refractivity contribution in [1.82, 2.24) is 4.90 Å². The van der Waals surface area contributed by atoms with Crippen molar-refractivity contribution in [3.05, 3.63) is 0 Å². The van der Waals surface area contributed by atoms with E-state index in [1.54, 1.807) is 0 Å². The average Bonchev–Trinajstić information content (AvgIpc) is 2.02. The molecule has 2 nitrogen and oxygen atoms in total. The molecule has 0 amide bonds. The Morgan fingerprint density at radius 2 is 1.60 bits per heavy atom. The van der Waals surface area contributed by atoms with Crippen LogP contribution in [0.2, 0.25) is 0 Å². The number of nitrogens with zero attached hydrogens (tertiary/aromatic N) is 1. The van der Waals surface area contributed by atoms with Crippen molar-refractivity contribution in [3.63, 3.8) is 0 Å². The van der Waals surface area contributed by atoms with E-state index in [-0.39, 0.29) is 6.04 Å². The van der Waals surface area contributed by atoms with Crippen LogP contribution < -0.4 is 5.73 Å². The Kier molecular flexibility index (Phi) is 5.59. The Bertz CT molecular complexity index is 176. The molecule has 92 valence electrons. The summed E-state index contributed by atoms with van der Waals surface area (Å²) in [5.74, 6) is 0. The second kappa shape index (κ2) is 5.70. The summed E-state index contributed by atoms with van der Waals surface area (Å²) in [7, 11) is 1.50. The van der Waals surface area contributed by atoms with Crippen LogP contribution in [0.15, 0.2) is 0 Å². The summed E-state index contributed by atoms with van der Waals surface area (Å²) >= 11 is 0. The summed E-state index contributed by atoms with van der Waals surface area (Å²) in [6.45, 7) is 5.18. The lowest BCUT2D eigenvalue weighted by molar-refractivity contribution is -0.190. The number of nitrogens with two attached hydrogens (primary N) is 1. The largest absolute Gasteiger partial charge is 0.405 e. The summed E-state index contributed by atoms with van der Waals surface area (Å²) in [4.78, 5) is 1.35. The van der Waals surface area contributed by atoms with E-state index in [1.165, 1.54) is 18.9 Å². The van der Waals surface area contributed by atoms with Crippen LogP contribution in [0.5, 0.6) is 0 Å². The van der Waals surface area contributed by atoms with Crippen LogP contribution in [-0.2, 0) is 0 Å². The van der Waals surface area contributed by atoms with Crippen LogP contribution in [0.1, 0.15) is 33.6 Å². The SMILES string of the molecule is CCC(CC)N(C)C(C(C)N)C(F)(F)F. The molecule has 0 saturated carbocycles. The van der Waals surface area contributed by atoms with Crippen LogP contribution in [-0.4, -0.2) is 36.2 Å². The van der Waals surface area contributed by atoms with Crippen LogP contribution in [0.3, 0.4) is 0 Å². The molecule has 0 radical (unpaired) electrons. The first kappa shape index (κ1) is 14.7. The number of hydrogen-bond acceptors (Lipinski definition) is 2. The summed E-state index contributed by atoms with van der Waals surface area (Å²) in [5.41, 5.74) is 5.41. The zero-order chi connectivity index (χ0) is 12.2. The Labute approximate surface area is 89.6 Å². The Hall–Kier alpha value is -0.290. The van der Waals surface area contributed by atoms with Gasteiger partial charge < -0.3 is 5.73 Å². The van der Waals surface area contributed by atoms with E-state index in [0.717, 1.165) is 0 Å². The molecule has 5 heteroatoms. The monoisotopic (exact) mass is 226 g/mol. The van der Waals surface area contributed by atoms with Gasteiger partial charge in [0.1, 0.15) is 6.04 Å². The van der Waals surface area contributed by atoms with Crippen molar-refractivity contribution in [1.29, 1.82) is 0 Å². The standard InChI is InChI=1S/C10H21F3N2/c1-5-8(6-2)15(4)9(7(3)14)10(11,12)13/h7-9H,5-6,14H2,1-4H3. The third-order valence-electron chi connectivity index (χ3n) is 2.79. The molecule has 2 unspecified atom stereocenters. The van der Waals surface area contributed by atoms with Crippen LogP contribution in [0.25, 0.3) is 0 Å². The topological polar surface area (TPSA) is 29.3 Å². The van der Waals surface area contributed by atoms with Crippen molar-refractivity contribution in [2.24, 2.45) is 5.73 Å². The molecule has 0 aliphatic rings. The van der Waals surface area contributed by atoms with Gasteiger partial charge in [0.15, 0.2) is 0 Å². The number of hydrogen-bond donors (Lipinski definition) is 1. The zero-order valence-corrected chi connectivity index (χ0v) is 9.80. The summed E-state index contributed by atoms with van der Waals surface area (Å²) < 4.78 is 38.2. The Morgan fingerprint density at radius 3 is 1.80 bits per heavy atom. The smallest absolute Gasteiger partial charge is 0.326 e. The predicted octanol–water partition coefficient (Wildman–Crippen LogP) is 2.38. The molecule has 0 aliphatic carbocycles. The predicted molar refractivity (Wildman–Crippen MR) is 55.6 cm³/mol. The number of halogens is 3. The highest BCUT2D eigenvalue weighted by Crippen LogP contribution is 2.28. The first-order chi connectivity index (χ1) is 6.75. The number of likely N-dealkylation sites (N-methyl/N-ethyl adjacent to an activating group) is 1. The van der Waals surface area contributed by atoms with Gasteiger partial charge in [0, 0.05) is 12.1 Å². The summed E-state index contributed by atoms with van der Waals surface area (Å²) in [5, 5.41) is 0. The molecule has 2 N–H and O–H groups in total. The quantitative estimate of drug-likeness (QED) is 0.780. The van der Waals surface area contributed by atoms with E-state index in [1.807, 2.05) is 13.8 Å². The van der Waals surface area contributed by atoms with E-state index < -0.39 is 18.3 Å².